The van der Waals surface area contributed by atoms with Crippen molar-refractivity contribution >= 4 is 32.9 Å². The average molecular weight is 675 g/mol. The molecule has 14 heteroatoms. The summed E-state index contributed by atoms with van der Waals surface area (Å²) < 4.78 is 76.1. The van der Waals surface area contributed by atoms with Gasteiger partial charge in [-0.3, -0.25) is 9.59 Å². The van der Waals surface area contributed by atoms with Crippen molar-refractivity contribution in [2.45, 2.75) is 68.7 Å². The van der Waals surface area contributed by atoms with E-state index >= 15 is 0 Å². The van der Waals surface area contributed by atoms with Crippen molar-refractivity contribution in [3.05, 3.63) is 53.1 Å². The number of halogens is 3. The number of carbonyl (C=O) groups excluding carboxylic acids is 2. The molecule has 4 aliphatic rings. The molecule has 47 heavy (non-hydrogen) atoms. The number of methoxy groups -OCH3 is 1. The van der Waals surface area contributed by atoms with E-state index in [1.165, 1.54) is 14.1 Å². The monoisotopic (exact) mass is 674 g/mol. The summed E-state index contributed by atoms with van der Waals surface area (Å²) in [5, 5.41) is 11.0. The third kappa shape index (κ3) is 4.93. The Kier molecular flexibility index (Phi) is 7.27. The number of hydrogen-bond donors (Lipinski definition) is 2. The Morgan fingerprint density at radius 2 is 1.74 bits per heavy atom. The van der Waals surface area contributed by atoms with Crippen LogP contribution in [0.4, 0.5) is 13.2 Å². The van der Waals surface area contributed by atoms with Crippen molar-refractivity contribution in [3.63, 3.8) is 0 Å². The third-order valence-corrected chi connectivity index (χ3v) is 12.0. The molecule has 7 rings (SSSR count). The van der Waals surface area contributed by atoms with Gasteiger partial charge in [-0.15, -0.1) is 0 Å². The molecule has 252 valence electrons. The number of β-amino-alcohol motifs (C(OH)–C–C–N with tert-alkyl or cyclic N) is 1. The smallest absolute Gasteiger partial charge is 0.420 e. The number of carbonyl (C=O) groups is 2. The van der Waals surface area contributed by atoms with Gasteiger partial charge in [0.25, 0.3) is 5.91 Å². The molecular weight excluding hydrogens is 637 g/mol. The lowest BCUT2D eigenvalue weighted by atomic mass is 9.81. The fourth-order valence-electron chi connectivity index (χ4n) is 7.91. The van der Waals surface area contributed by atoms with Crippen molar-refractivity contribution in [1.29, 1.82) is 0 Å². The second-order valence-corrected chi connectivity index (χ2v) is 15.6. The lowest BCUT2D eigenvalue weighted by Crippen LogP contribution is -2.71. The fourth-order valence-corrected chi connectivity index (χ4v) is 8.45. The summed E-state index contributed by atoms with van der Waals surface area (Å²) >= 11 is 0. The number of aliphatic hydroxyl groups is 1. The van der Waals surface area contributed by atoms with Crippen LogP contribution >= 0.6 is 0 Å². The summed E-state index contributed by atoms with van der Waals surface area (Å²) in [5.74, 6) is -0.770. The molecule has 1 aromatic heterocycles. The fraction of sp³-hybridized carbons (Fsp3) is 0.515. The number of aromatic nitrogens is 1. The van der Waals surface area contributed by atoms with E-state index in [1.54, 1.807) is 19.2 Å². The number of amides is 2. The van der Waals surface area contributed by atoms with Gasteiger partial charge < -0.3 is 19.3 Å². The zero-order valence-electron chi connectivity index (χ0n) is 26.4. The van der Waals surface area contributed by atoms with Crippen LogP contribution in [0.5, 0.6) is 5.75 Å². The van der Waals surface area contributed by atoms with Crippen molar-refractivity contribution < 1.29 is 41.0 Å². The molecule has 3 aromatic rings. The van der Waals surface area contributed by atoms with E-state index in [-0.39, 0.29) is 23.9 Å². The molecule has 2 saturated carbocycles. The van der Waals surface area contributed by atoms with Gasteiger partial charge in [-0.1, -0.05) is 25.3 Å². The van der Waals surface area contributed by atoms with Gasteiger partial charge in [0.15, 0.2) is 5.60 Å². The largest absolute Gasteiger partial charge is 0.497 e. The molecule has 2 aliphatic heterocycles. The van der Waals surface area contributed by atoms with Gasteiger partial charge in [-0.05, 0) is 66.6 Å². The van der Waals surface area contributed by atoms with E-state index in [0.29, 0.717) is 17.7 Å². The van der Waals surface area contributed by atoms with E-state index in [9.17, 15) is 36.3 Å². The number of benzene rings is 2. The van der Waals surface area contributed by atoms with E-state index < -0.39 is 52.3 Å². The lowest BCUT2D eigenvalue weighted by Gasteiger charge is -2.48. The maximum Gasteiger partial charge on any atom is 0.420 e. The standard InChI is InChI=1S/C33H37F3N4O6S/c1-38(2)47(44,45)37-29(41)20-9-11-23-26(13-20)40-16-31(30(42)39-17-32(43,18-39)33(34,35)36)15-25(31)24-14-21(46-3)10-12-22(24)28(40)27(23)19-7-5-4-6-8-19/h9-14,19,25,43H,4-8,15-18H2,1-3H3,(H,37,41)/t25-,31?/m0/s1. The summed E-state index contributed by atoms with van der Waals surface area (Å²) in [7, 11) is 0.106. The molecule has 0 spiro atoms. The van der Waals surface area contributed by atoms with Crippen LogP contribution in [-0.4, -0.2) is 85.2 Å². The van der Waals surface area contributed by atoms with Gasteiger partial charge >= 0.3 is 16.4 Å². The molecular formula is C33H37F3N4O6S. The first-order valence-corrected chi connectivity index (χ1v) is 17.2. The Balaban J connectivity index is 1.40. The highest BCUT2D eigenvalue weighted by Crippen LogP contribution is 2.66. The Hall–Kier alpha value is -3.62. The SMILES string of the molecule is COc1ccc2c(c1)[C@@H]1CC1(C(=O)N1CC(O)(C(F)(F)F)C1)Cn1c-2c(C2CCCCC2)c2ccc(C(=O)NS(=O)(=O)N(C)C)cc21. The summed E-state index contributed by atoms with van der Waals surface area (Å²) in [6.07, 6.45) is 0.684. The highest BCUT2D eigenvalue weighted by Gasteiger charge is 2.69. The highest BCUT2D eigenvalue weighted by atomic mass is 32.2. The second kappa shape index (κ2) is 10.7. The van der Waals surface area contributed by atoms with Crippen molar-refractivity contribution in [3.8, 4) is 17.0 Å². The van der Waals surface area contributed by atoms with Crippen LogP contribution in [0.25, 0.3) is 22.2 Å². The molecule has 0 bridgehead atoms. The predicted molar refractivity (Wildman–Crippen MR) is 167 cm³/mol. The van der Waals surface area contributed by atoms with Crippen molar-refractivity contribution in [1.82, 2.24) is 18.5 Å². The minimum absolute atomic E-state index is 0.114. The summed E-state index contributed by atoms with van der Waals surface area (Å²) in [6, 6.07) is 10.8. The summed E-state index contributed by atoms with van der Waals surface area (Å²) in [4.78, 5) is 28.5. The second-order valence-electron chi connectivity index (χ2n) is 13.7. The molecule has 0 radical (unpaired) electrons. The van der Waals surface area contributed by atoms with Crippen LogP contribution in [0, 0.1) is 5.41 Å². The van der Waals surface area contributed by atoms with Gasteiger partial charge in [-0.25, -0.2) is 4.72 Å². The molecule has 3 fully saturated rings. The number of hydrogen-bond acceptors (Lipinski definition) is 6. The normalized spacial score (nSPS) is 23.7. The predicted octanol–water partition coefficient (Wildman–Crippen LogP) is 4.52. The molecule has 2 atom stereocenters. The summed E-state index contributed by atoms with van der Waals surface area (Å²) in [5.41, 5.74) is 0.507. The number of fused-ring (bicyclic) bond motifs is 7. The Morgan fingerprint density at radius 1 is 1.04 bits per heavy atom. The zero-order chi connectivity index (χ0) is 33.7. The number of nitrogens with one attached hydrogen (secondary N) is 1. The van der Waals surface area contributed by atoms with Crippen LogP contribution in [0.1, 0.15) is 71.8 Å². The van der Waals surface area contributed by atoms with Crippen LogP contribution in [-0.2, 0) is 21.5 Å². The van der Waals surface area contributed by atoms with Crippen molar-refractivity contribution in [2.24, 2.45) is 5.41 Å². The number of alkyl halides is 3. The number of nitrogens with zero attached hydrogens (tertiary/aromatic N) is 3. The molecule has 2 aliphatic carbocycles. The van der Waals surface area contributed by atoms with Gasteiger partial charge in [0.1, 0.15) is 5.75 Å². The van der Waals surface area contributed by atoms with Crippen LogP contribution in [0.2, 0.25) is 0 Å². The Bertz CT molecular complexity index is 1910. The number of rotatable bonds is 6. The van der Waals surface area contributed by atoms with E-state index in [4.69, 9.17) is 4.74 Å². The summed E-state index contributed by atoms with van der Waals surface area (Å²) in [6.45, 7) is -1.51. The molecule has 2 aromatic carbocycles. The maximum atomic E-state index is 14.2. The van der Waals surface area contributed by atoms with E-state index in [2.05, 4.69) is 4.72 Å². The quantitative estimate of drug-likeness (QED) is 0.397. The van der Waals surface area contributed by atoms with Crippen LogP contribution < -0.4 is 9.46 Å². The van der Waals surface area contributed by atoms with Gasteiger partial charge in [0.05, 0.1) is 31.3 Å². The Labute approximate surface area is 270 Å². The third-order valence-electron chi connectivity index (χ3n) is 10.6. The zero-order valence-corrected chi connectivity index (χ0v) is 27.2. The van der Waals surface area contributed by atoms with Gasteiger partial charge in [-0.2, -0.15) is 25.9 Å². The van der Waals surface area contributed by atoms with Gasteiger partial charge in [0.2, 0.25) is 5.91 Å². The minimum atomic E-state index is -4.86. The Morgan fingerprint density at radius 3 is 2.38 bits per heavy atom. The first kappa shape index (κ1) is 32.0. The molecule has 1 unspecified atom stereocenters. The van der Waals surface area contributed by atoms with E-state index in [0.717, 1.165) is 69.1 Å². The van der Waals surface area contributed by atoms with Crippen LogP contribution in [0.3, 0.4) is 0 Å². The van der Waals surface area contributed by atoms with Crippen molar-refractivity contribution in [2.75, 3.05) is 34.3 Å². The molecule has 2 N–H and O–H groups in total. The first-order chi connectivity index (χ1) is 22.1. The molecule has 10 nitrogen and oxygen atoms in total. The minimum Gasteiger partial charge on any atom is -0.497 e. The topological polar surface area (TPSA) is 121 Å². The average Bonchev–Trinajstić information content (AvgIpc) is 3.68. The maximum absolute atomic E-state index is 14.2. The van der Waals surface area contributed by atoms with Gasteiger partial charge in [0, 0.05) is 48.6 Å². The first-order valence-electron chi connectivity index (χ1n) is 15.8. The lowest BCUT2D eigenvalue weighted by molar-refractivity contribution is -0.298. The highest BCUT2D eigenvalue weighted by molar-refractivity contribution is 7.87. The van der Waals surface area contributed by atoms with Crippen LogP contribution in [0.15, 0.2) is 36.4 Å². The number of ether oxygens (including phenoxy) is 1. The molecule has 3 heterocycles. The molecule has 2 amide bonds. The molecule has 1 saturated heterocycles. The number of likely N-dealkylation sites (tertiary alicyclic amines) is 1. The van der Waals surface area contributed by atoms with E-state index in [1.807, 2.05) is 28.8 Å².